The number of anilines is 1. The van der Waals surface area contributed by atoms with Crippen LogP contribution >= 0.6 is 0 Å². The Bertz CT molecular complexity index is 641. The third-order valence-corrected chi connectivity index (χ3v) is 2.87. The van der Waals surface area contributed by atoms with Crippen LogP contribution in [0.1, 0.15) is 5.56 Å². The highest BCUT2D eigenvalue weighted by atomic mass is 16.6. The van der Waals surface area contributed by atoms with Crippen LogP contribution < -0.4 is 10.1 Å². The van der Waals surface area contributed by atoms with Crippen LogP contribution in [0.5, 0.6) is 5.75 Å². The molecule has 2 aromatic carbocycles. The number of nitrogens with one attached hydrogen (secondary N) is 1. The van der Waals surface area contributed by atoms with Gasteiger partial charge in [0.2, 0.25) is 0 Å². The molecule has 0 unspecified atom stereocenters. The van der Waals surface area contributed by atoms with Gasteiger partial charge in [0, 0.05) is 29.9 Å². The second kappa shape index (κ2) is 7.09. The van der Waals surface area contributed by atoms with Gasteiger partial charge < -0.3 is 10.1 Å². The van der Waals surface area contributed by atoms with E-state index in [0.29, 0.717) is 18.8 Å². The molecule has 0 aliphatic carbocycles. The molecule has 0 atom stereocenters. The molecule has 21 heavy (non-hydrogen) atoms. The Hall–Kier alpha value is -2.82. The molecule has 1 N–H and O–H groups in total. The van der Waals surface area contributed by atoms with E-state index in [1.54, 1.807) is 18.2 Å². The Labute approximate surface area is 123 Å². The number of non-ortho nitro benzene ring substituents is 1. The van der Waals surface area contributed by atoms with Crippen LogP contribution in [0, 0.1) is 10.1 Å². The van der Waals surface area contributed by atoms with Gasteiger partial charge in [0.1, 0.15) is 12.4 Å². The molecule has 0 aromatic heterocycles. The van der Waals surface area contributed by atoms with Crippen LogP contribution in [-0.2, 0) is 6.54 Å². The van der Waals surface area contributed by atoms with Gasteiger partial charge in [-0.2, -0.15) is 0 Å². The summed E-state index contributed by atoms with van der Waals surface area (Å²) < 4.78 is 5.57. The molecular formula is C16H16N2O3. The maximum absolute atomic E-state index is 10.7. The molecule has 108 valence electrons. The van der Waals surface area contributed by atoms with Crippen LogP contribution in [0.25, 0.3) is 0 Å². The van der Waals surface area contributed by atoms with Crippen molar-refractivity contribution in [1.82, 2.24) is 0 Å². The van der Waals surface area contributed by atoms with Crippen molar-refractivity contribution in [2.24, 2.45) is 0 Å². The van der Waals surface area contributed by atoms with Gasteiger partial charge in [0.15, 0.2) is 0 Å². The molecule has 0 spiro atoms. The fourth-order valence-corrected chi connectivity index (χ4v) is 1.87. The van der Waals surface area contributed by atoms with Gasteiger partial charge in [-0.25, -0.2) is 0 Å². The van der Waals surface area contributed by atoms with Crippen molar-refractivity contribution in [3.63, 3.8) is 0 Å². The number of benzene rings is 2. The average Bonchev–Trinajstić information content (AvgIpc) is 2.52. The van der Waals surface area contributed by atoms with Crippen molar-refractivity contribution in [1.29, 1.82) is 0 Å². The number of rotatable bonds is 7. The summed E-state index contributed by atoms with van der Waals surface area (Å²) in [5.74, 6) is 0.773. The third-order valence-electron chi connectivity index (χ3n) is 2.87. The van der Waals surface area contributed by atoms with E-state index in [0.717, 1.165) is 11.3 Å². The first-order valence-electron chi connectivity index (χ1n) is 6.50. The molecule has 0 saturated carbocycles. The standard InChI is InChI=1S/C16H16N2O3/c1-2-10-21-16-9-4-3-6-13(16)12-17-14-7-5-8-15(11-14)18(19)20/h2-9,11,17H,1,10,12H2. The van der Waals surface area contributed by atoms with E-state index in [1.807, 2.05) is 24.3 Å². The minimum atomic E-state index is -0.410. The summed E-state index contributed by atoms with van der Waals surface area (Å²) in [5, 5.41) is 13.9. The highest BCUT2D eigenvalue weighted by Crippen LogP contribution is 2.21. The van der Waals surface area contributed by atoms with Gasteiger partial charge >= 0.3 is 0 Å². The Kier molecular flexibility index (Phi) is 4.93. The Morgan fingerprint density at radius 2 is 2.05 bits per heavy atom. The molecule has 0 amide bonds. The Balaban J connectivity index is 2.07. The van der Waals surface area contributed by atoms with Crippen molar-refractivity contribution in [3.8, 4) is 5.75 Å². The number of nitro groups is 1. The molecule has 0 aliphatic heterocycles. The molecular weight excluding hydrogens is 268 g/mol. The molecule has 0 saturated heterocycles. The van der Waals surface area contributed by atoms with Crippen molar-refractivity contribution in [2.75, 3.05) is 11.9 Å². The second-order valence-corrected chi connectivity index (χ2v) is 4.37. The molecule has 0 aliphatic rings. The van der Waals surface area contributed by atoms with E-state index < -0.39 is 4.92 Å². The first-order valence-corrected chi connectivity index (χ1v) is 6.50. The number of nitrogens with zero attached hydrogens (tertiary/aromatic N) is 1. The minimum absolute atomic E-state index is 0.0659. The summed E-state index contributed by atoms with van der Waals surface area (Å²) in [6, 6.07) is 14.1. The van der Waals surface area contributed by atoms with Crippen LogP contribution in [0.2, 0.25) is 0 Å². The molecule has 2 rings (SSSR count). The molecule has 5 heteroatoms. The van der Waals surface area contributed by atoms with E-state index in [4.69, 9.17) is 4.74 Å². The highest BCUT2D eigenvalue weighted by Gasteiger charge is 2.06. The lowest BCUT2D eigenvalue weighted by molar-refractivity contribution is -0.384. The zero-order valence-corrected chi connectivity index (χ0v) is 11.5. The second-order valence-electron chi connectivity index (χ2n) is 4.37. The predicted octanol–water partition coefficient (Wildman–Crippen LogP) is 3.77. The largest absolute Gasteiger partial charge is 0.489 e. The van der Waals surface area contributed by atoms with Crippen molar-refractivity contribution in [3.05, 3.63) is 76.9 Å². The number of para-hydroxylation sites is 1. The van der Waals surface area contributed by atoms with Gasteiger partial charge in [0.05, 0.1) is 4.92 Å². The number of nitro benzene ring substituents is 1. The summed E-state index contributed by atoms with van der Waals surface area (Å²) in [5.41, 5.74) is 1.74. The van der Waals surface area contributed by atoms with Crippen LogP contribution in [0.4, 0.5) is 11.4 Å². The maximum Gasteiger partial charge on any atom is 0.271 e. The fraction of sp³-hybridized carbons (Fsp3) is 0.125. The monoisotopic (exact) mass is 284 g/mol. The van der Waals surface area contributed by atoms with Crippen molar-refractivity contribution < 1.29 is 9.66 Å². The lowest BCUT2D eigenvalue weighted by atomic mass is 10.2. The number of hydrogen-bond acceptors (Lipinski definition) is 4. The summed E-state index contributed by atoms with van der Waals surface area (Å²) in [6.07, 6.45) is 1.69. The van der Waals surface area contributed by atoms with E-state index in [-0.39, 0.29) is 5.69 Å². The SMILES string of the molecule is C=CCOc1ccccc1CNc1cccc([N+](=O)[O-])c1. The Morgan fingerprint density at radius 1 is 1.24 bits per heavy atom. The number of ether oxygens (including phenoxy) is 1. The van der Waals surface area contributed by atoms with Gasteiger partial charge in [-0.15, -0.1) is 0 Å². The van der Waals surface area contributed by atoms with Gasteiger partial charge in [-0.3, -0.25) is 10.1 Å². The van der Waals surface area contributed by atoms with Crippen molar-refractivity contribution >= 4 is 11.4 Å². The predicted molar refractivity (Wildman–Crippen MR) is 82.6 cm³/mol. The highest BCUT2D eigenvalue weighted by molar-refractivity contribution is 5.51. The molecule has 5 nitrogen and oxygen atoms in total. The summed E-state index contributed by atoms with van der Waals surface area (Å²) in [4.78, 5) is 10.3. The Morgan fingerprint density at radius 3 is 2.81 bits per heavy atom. The third kappa shape index (κ3) is 4.07. The maximum atomic E-state index is 10.7. The van der Waals surface area contributed by atoms with E-state index in [1.165, 1.54) is 12.1 Å². The molecule has 0 fully saturated rings. The number of hydrogen-bond donors (Lipinski definition) is 1. The van der Waals surface area contributed by atoms with Gasteiger partial charge in [0.25, 0.3) is 5.69 Å². The molecule has 0 heterocycles. The average molecular weight is 284 g/mol. The quantitative estimate of drug-likeness (QED) is 0.477. The fourth-order valence-electron chi connectivity index (χ4n) is 1.87. The molecule has 0 radical (unpaired) electrons. The van der Waals surface area contributed by atoms with Gasteiger partial charge in [-0.1, -0.05) is 36.9 Å². The molecule has 2 aromatic rings. The van der Waals surface area contributed by atoms with Crippen LogP contribution in [-0.4, -0.2) is 11.5 Å². The topological polar surface area (TPSA) is 64.4 Å². The zero-order valence-electron chi connectivity index (χ0n) is 11.5. The van der Waals surface area contributed by atoms with E-state index in [2.05, 4.69) is 11.9 Å². The normalized spacial score (nSPS) is 9.90. The van der Waals surface area contributed by atoms with Crippen molar-refractivity contribution in [2.45, 2.75) is 6.54 Å². The lowest BCUT2D eigenvalue weighted by Crippen LogP contribution is -2.03. The first kappa shape index (κ1) is 14.6. The lowest BCUT2D eigenvalue weighted by Gasteiger charge is -2.11. The van der Waals surface area contributed by atoms with Crippen LogP contribution in [0.3, 0.4) is 0 Å². The van der Waals surface area contributed by atoms with E-state index >= 15 is 0 Å². The van der Waals surface area contributed by atoms with Gasteiger partial charge in [-0.05, 0) is 12.1 Å². The van der Waals surface area contributed by atoms with Crippen LogP contribution in [0.15, 0.2) is 61.2 Å². The van der Waals surface area contributed by atoms with E-state index in [9.17, 15) is 10.1 Å². The summed E-state index contributed by atoms with van der Waals surface area (Å²) in [7, 11) is 0. The summed E-state index contributed by atoms with van der Waals surface area (Å²) >= 11 is 0. The minimum Gasteiger partial charge on any atom is -0.489 e. The summed E-state index contributed by atoms with van der Waals surface area (Å²) in [6.45, 7) is 4.58. The zero-order chi connectivity index (χ0) is 15.1. The smallest absolute Gasteiger partial charge is 0.271 e. The first-order chi connectivity index (χ1) is 10.2. The molecule has 0 bridgehead atoms.